The Morgan fingerprint density at radius 2 is 2.12 bits per heavy atom. The molecule has 0 radical (unpaired) electrons. The van der Waals surface area contributed by atoms with E-state index in [0.29, 0.717) is 29.1 Å². The molecular weight excluding hydrogens is 368 g/mol. The van der Waals surface area contributed by atoms with Crippen molar-refractivity contribution in [2.24, 2.45) is 0 Å². The van der Waals surface area contributed by atoms with Gasteiger partial charge in [-0.1, -0.05) is 30.0 Å². The van der Waals surface area contributed by atoms with Gasteiger partial charge in [0.15, 0.2) is 5.16 Å². The molecule has 0 fully saturated rings. The fourth-order valence-corrected chi connectivity index (χ4v) is 4.41. The number of aromatic nitrogens is 2. The van der Waals surface area contributed by atoms with Crippen LogP contribution in [0.5, 0.6) is 0 Å². The molecule has 0 saturated heterocycles. The van der Waals surface area contributed by atoms with Gasteiger partial charge < -0.3 is 9.72 Å². The number of nitrogens with zero attached hydrogens (tertiary/aromatic N) is 1. The minimum atomic E-state index is -0.223. The molecule has 2 aromatic heterocycles. The molecule has 0 unspecified atom stereocenters. The Morgan fingerprint density at radius 3 is 2.85 bits per heavy atom. The van der Waals surface area contributed by atoms with Crippen LogP contribution in [0.4, 0.5) is 0 Å². The molecule has 0 aliphatic rings. The minimum Gasteiger partial charge on any atom is -0.469 e. The molecule has 2 heterocycles. The molecule has 3 aromatic rings. The summed E-state index contributed by atoms with van der Waals surface area (Å²) >= 11 is 2.92. The fourth-order valence-electron chi connectivity index (χ4n) is 2.61. The van der Waals surface area contributed by atoms with Crippen molar-refractivity contribution < 1.29 is 9.53 Å². The molecule has 26 heavy (non-hydrogen) atoms. The molecule has 1 N–H and O–H groups in total. The first-order chi connectivity index (χ1) is 12.5. The number of H-pyrrole nitrogens is 1. The second-order valence-electron chi connectivity index (χ2n) is 6.03. The van der Waals surface area contributed by atoms with E-state index in [9.17, 15) is 9.59 Å². The van der Waals surface area contributed by atoms with Gasteiger partial charge in [0, 0.05) is 23.1 Å². The van der Waals surface area contributed by atoms with Crippen molar-refractivity contribution in [3.8, 4) is 11.1 Å². The maximum absolute atomic E-state index is 12.6. The van der Waals surface area contributed by atoms with Crippen molar-refractivity contribution in [2.75, 3.05) is 12.9 Å². The lowest BCUT2D eigenvalue weighted by atomic mass is 10.0. The van der Waals surface area contributed by atoms with Gasteiger partial charge in [-0.3, -0.25) is 9.59 Å². The van der Waals surface area contributed by atoms with E-state index >= 15 is 0 Å². The molecular formula is C19H20N2O3S2. The molecule has 0 aliphatic carbocycles. The zero-order valence-corrected chi connectivity index (χ0v) is 16.6. The number of hydrogen-bond acceptors (Lipinski definition) is 6. The Morgan fingerprint density at radius 1 is 1.31 bits per heavy atom. The highest BCUT2D eigenvalue weighted by atomic mass is 32.2. The third-order valence-electron chi connectivity index (χ3n) is 4.23. The van der Waals surface area contributed by atoms with Crippen molar-refractivity contribution in [3.05, 3.63) is 45.1 Å². The Kier molecular flexibility index (Phi) is 5.78. The molecule has 3 rings (SSSR count). The Labute approximate surface area is 159 Å². The average Bonchev–Trinajstić information content (AvgIpc) is 3.05. The van der Waals surface area contributed by atoms with E-state index in [1.807, 2.05) is 11.4 Å². The number of methoxy groups -OCH3 is 1. The highest BCUT2D eigenvalue weighted by Crippen LogP contribution is 2.32. The summed E-state index contributed by atoms with van der Waals surface area (Å²) in [6, 6.07) is 6.21. The zero-order chi connectivity index (χ0) is 18.7. The number of esters is 1. The van der Waals surface area contributed by atoms with E-state index < -0.39 is 0 Å². The number of carbonyl (C=O) groups is 1. The summed E-state index contributed by atoms with van der Waals surface area (Å²) in [6.07, 6.45) is 1.04. The summed E-state index contributed by atoms with van der Waals surface area (Å²) in [5, 5.41) is 3.21. The van der Waals surface area contributed by atoms with Crippen LogP contribution in [-0.2, 0) is 9.53 Å². The predicted molar refractivity (Wildman–Crippen MR) is 107 cm³/mol. The minimum absolute atomic E-state index is 0.125. The van der Waals surface area contributed by atoms with Gasteiger partial charge in [0.05, 0.1) is 12.5 Å². The highest BCUT2D eigenvalue weighted by molar-refractivity contribution is 7.99. The number of benzene rings is 1. The topological polar surface area (TPSA) is 72.0 Å². The van der Waals surface area contributed by atoms with Crippen molar-refractivity contribution in [1.82, 2.24) is 9.97 Å². The van der Waals surface area contributed by atoms with Gasteiger partial charge in [-0.05, 0) is 37.0 Å². The Balaban J connectivity index is 1.83. The molecule has 0 amide bonds. The first-order valence-corrected chi connectivity index (χ1v) is 10.1. The number of thiophene rings is 1. The van der Waals surface area contributed by atoms with Crippen LogP contribution < -0.4 is 5.56 Å². The van der Waals surface area contributed by atoms with E-state index in [4.69, 9.17) is 0 Å². The third kappa shape index (κ3) is 3.99. The number of fused-ring (bicyclic) bond motifs is 1. The van der Waals surface area contributed by atoms with Gasteiger partial charge in [0.1, 0.15) is 4.83 Å². The second-order valence-corrected chi connectivity index (χ2v) is 7.97. The number of rotatable bonds is 6. The molecule has 0 spiro atoms. The third-order valence-corrected chi connectivity index (χ3v) is 6.06. The molecule has 0 bridgehead atoms. The number of aryl methyl sites for hydroxylation is 2. The summed E-state index contributed by atoms with van der Waals surface area (Å²) < 4.78 is 4.62. The van der Waals surface area contributed by atoms with Gasteiger partial charge >= 0.3 is 5.97 Å². The number of thioether (sulfide) groups is 1. The van der Waals surface area contributed by atoms with Crippen molar-refractivity contribution in [2.45, 2.75) is 31.8 Å². The van der Waals surface area contributed by atoms with E-state index in [-0.39, 0.29) is 11.5 Å². The normalized spacial score (nSPS) is 11.0. The molecule has 5 nitrogen and oxygen atoms in total. The molecule has 1 aromatic carbocycles. The molecule has 136 valence electrons. The summed E-state index contributed by atoms with van der Waals surface area (Å²) in [4.78, 5) is 31.9. The van der Waals surface area contributed by atoms with Crippen LogP contribution in [0.3, 0.4) is 0 Å². The standard InChI is InChI=1S/C19H20N2O3S2/c1-11-6-7-13(9-12(11)2)14-10-26-18-16(14)17(23)20-19(21-18)25-8-4-5-15(22)24-3/h6-7,9-10H,4-5,8H2,1-3H3,(H,20,21,23). The lowest BCUT2D eigenvalue weighted by molar-refractivity contribution is -0.140. The lowest BCUT2D eigenvalue weighted by Crippen LogP contribution is -2.09. The molecule has 0 aliphatic heterocycles. The van der Waals surface area contributed by atoms with Crippen LogP contribution in [0.15, 0.2) is 33.5 Å². The SMILES string of the molecule is COC(=O)CCCSc1nc2scc(-c3ccc(C)c(C)c3)c2c(=O)[nH]1. The van der Waals surface area contributed by atoms with E-state index in [0.717, 1.165) is 16.0 Å². The van der Waals surface area contributed by atoms with Gasteiger partial charge in [0.25, 0.3) is 5.56 Å². The number of ether oxygens (including phenoxy) is 1. The average molecular weight is 389 g/mol. The van der Waals surface area contributed by atoms with Crippen LogP contribution in [0, 0.1) is 13.8 Å². The maximum atomic E-state index is 12.6. The molecule has 7 heteroatoms. The highest BCUT2D eigenvalue weighted by Gasteiger charge is 2.13. The monoisotopic (exact) mass is 388 g/mol. The predicted octanol–water partition coefficient (Wildman–Crippen LogP) is 4.31. The largest absolute Gasteiger partial charge is 0.469 e. The lowest BCUT2D eigenvalue weighted by Gasteiger charge is -2.05. The van der Waals surface area contributed by atoms with Gasteiger partial charge in [-0.2, -0.15) is 0 Å². The van der Waals surface area contributed by atoms with Gasteiger partial charge in [-0.15, -0.1) is 11.3 Å². The number of carbonyl (C=O) groups excluding carboxylic acids is 1. The van der Waals surface area contributed by atoms with Crippen LogP contribution in [0.1, 0.15) is 24.0 Å². The Bertz CT molecular complexity index is 1010. The van der Waals surface area contributed by atoms with E-state index in [1.165, 1.54) is 41.3 Å². The van der Waals surface area contributed by atoms with Crippen LogP contribution in [0.2, 0.25) is 0 Å². The molecule has 0 atom stereocenters. The number of aromatic amines is 1. The van der Waals surface area contributed by atoms with Crippen molar-refractivity contribution in [1.29, 1.82) is 0 Å². The fraction of sp³-hybridized carbons (Fsp3) is 0.316. The first kappa shape index (κ1) is 18.7. The van der Waals surface area contributed by atoms with Gasteiger partial charge in [0.2, 0.25) is 0 Å². The quantitative estimate of drug-likeness (QED) is 0.295. The van der Waals surface area contributed by atoms with Crippen molar-refractivity contribution in [3.63, 3.8) is 0 Å². The van der Waals surface area contributed by atoms with Gasteiger partial charge in [-0.25, -0.2) is 4.98 Å². The second kappa shape index (κ2) is 8.05. The summed E-state index contributed by atoms with van der Waals surface area (Å²) in [5.41, 5.74) is 4.25. The summed E-state index contributed by atoms with van der Waals surface area (Å²) in [5.74, 6) is 0.470. The van der Waals surface area contributed by atoms with E-state index in [2.05, 4.69) is 40.7 Å². The smallest absolute Gasteiger partial charge is 0.305 e. The number of nitrogens with one attached hydrogen (secondary N) is 1. The number of hydrogen-bond donors (Lipinski definition) is 1. The van der Waals surface area contributed by atoms with Crippen LogP contribution >= 0.6 is 23.1 Å². The summed E-state index contributed by atoms with van der Waals surface area (Å²) in [6.45, 7) is 4.14. The van der Waals surface area contributed by atoms with Crippen LogP contribution in [-0.4, -0.2) is 28.8 Å². The van der Waals surface area contributed by atoms with Crippen LogP contribution in [0.25, 0.3) is 21.3 Å². The maximum Gasteiger partial charge on any atom is 0.305 e. The first-order valence-electron chi connectivity index (χ1n) is 8.28. The van der Waals surface area contributed by atoms with Crippen molar-refractivity contribution >= 4 is 39.3 Å². The zero-order valence-electron chi connectivity index (χ0n) is 14.9. The summed E-state index contributed by atoms with van der Waals surface area (Å²) in [7, 11) is 1.38. The van der Waals surface area contributed by atoms with E-state index in [1.54, 1.807) is 0 Å². The molecule has 0 saturated carbocycles. The Hall–Kier alpha value is -2.12.